The summed E-state index contributed by atoms with van der Waals surface area (Å²) in [5.74, 6) is -0.446. The predicted molar refractivity (Wildman–Crippen MR) is 82.9 cm³/mol. The molecule has 0 radical (unpaired) electrons. The minimum atomic E-state index is -3.63. The molecular formula is C11H9BrClFN4O2S. The summed E-state index contributed by atoms with van der Waals surface area (Å²) < 4.78 is 39.1. The minimum absolute atomic E-state index is 0.00488. The fourth-order valence-corrected chi connectivity index (χ4v) is 2.48. The molecule has 0 spiro atoms. The third-order valence-electron chi connectivity index (χ3n) is 2.27. The number of hydrogen-bond acceptors (Lipinski definition) is 5. The lowest BCUT2D eigenvalue weighted by atomic mass is 10.2. The number of aromatic nitrogens is 2. The van der Waals surface area contributed by atoms with E-state index >= 15 is 0 Å². The van der Waals surface area contributed by atoms with Gasteiger partial charge in [0.2, 0.25) is 15.3 Å². The maximum absolute atomic E-state index is 13.8. The molecule has 0 saturated carbocycles. The number of anilines is 3. The third-order valence-corrected chi connectivity index (χ3v) is 3.61. The van der Waals surface area contributed by atoms with Crippen LogP contribution in [0.5, 0.6) is 0 Å². The van der Waals surface area contributed by atoms with E-state index in [0.29, 0.717) is 4.47 Å². The maximum Gasteiger partial charge on any atom is 0.229 e. The quantitative estimate of drug-likeness (QED) is 0.777. The van der Waals surface area contributed by atoms with Gasteiger partial charge in [-0.3, -0.25) is 4.72 Å². The highest BCUT2D eigenvalue weighted by Gasteiger charge is 2.14. The molecule has 1 heterocycles. The second-order valence-corrected chi connectivity index (χ2v) is 6.94. The molecule has 1 aromatic carbocycles. The van der Waals surface area contributed by atoms with Gasteiger partial charge >= 0.3 is 0 Å². The van der Waals surface area contributed by atoms with Gasteiger partial charge < -0.3 is 5.32 Å². The van der Waals surface area contributed by atoms with Crippen LogP contribution in [0.4, 0.5) is 21.6 Å². The Morgan fingerprint density at radius 3 is 2.76 bits per heavy atom. The van der Waals surface area contributed by atoms with E-state index in [1.54, 1.807) is 0 Å². The van der Waals surface area contributed by atoms with Gasteiger partial charge in [-0.15, -0.1) is 0 Å². The van der Waals surface area contributed by atoms with E-state index in [0.717, 1.165) is 12.3 Å². The average Bonchev–Trinajstić information content (AvgIpc) is 2.37. The molecule has 112 valence electrons. The lowest BCUT2D eigenvalue weighted by molar-refractivity contribution is 0.604. The summed E-state index contributed by atoms with van der Waals surface area (Å²) in [5, 5.41) is 2.79. The predicted octanol–water partition coefficient (Wildman–Crippen LogP) is 3.15. The summed E-state index contributed by atoms with van der Waals surface area (Å²) in [6.07, 6.45) is 2.35. The molecule has 0 unspecified atom stereocenters. The molecule has 1 aromatic heterocycles. The maximum atomic E-state index is 13.8. The van der Waals surface area contributed by atoms with E-state index in [1.807, 2.05) is 0 Å². The summed E-state index contributed by atoms with van der Waals surface area (Å²) in [4.78, 5) is 7.69. The van der Waals surface area contributed by atoms with Gasteiger partial charge in [-0.25, -0.2) is 17.8 Å². The normalized spacial score (nSPS) is 11.2. The SMILES string of the molecule is CS(=O)(=O)Nc1c(F)cccc1Nc1nc(Cl)ncc1Br. The highest BCUT2D eigenvalue weighted by Crippen LogP contribution is 2.31. The van der Waals surface area contributed by atoms with E-state index in [4.69, 9.17) is 11.6 Å². The van der Waals surface area contributed by atoms with Gasteiger partial charge in [0.15, 0.2) is 0 Å². The van der Waals surface area contributed by atoms with Crippen LogP contribution in [-0.4, -0.2) is 24.6 Å². The van der Waals surface area contributed by atoms with Crippen molar-refractivity contribution < 1.29 is 12.8 Å². The Balaban J connectivity index is 2.45. The standard InChI is InChI=1S/C11H9BrClFN4O2S/c1-21(19,20)18-9-7(14)3-2-4-8(9)16-10-6(12)5-15-11(13)17-10/h2-5,18H,1H3,(H,15,16,17). The molecule has 21 heavy (non-hydrogen) atoms. The van der Waals surface area contributed by atoms with Crippen molar-refractivity contribution in [3.8, 4) is 0 Å². The van der Waals surface area contributed by atoms with Gasteiger partial charge in [0.1, 0.15) is 17.3 Å². The molecule has 0 atom stereocenters. The van der Waals surface area contributed by atoms with Crippen LogP contribution in [0.3, 0.4) is 0 Å². The number of halogens is 3. The summed E-state index contributed by atoms with van der Waals surface area (Å²) in [6.45, 7) is 0. The molecule has 10 heteroatoms. The zero-order valence-corrected chi connectivity index (χ0v) is 13.7. The first-order valence-electron chi connectivity index (χ1n) is 5.47. The second kappa shape index (κ2) is 6.12. The van der Waals surface area contributed by atoms with Crippen molar-refractivity contribution in [3.05, 3.63) is 40.0 Å². The smallest absolute Gasteiger partial charge is 0.229 e. The van der Waals surface area contributed by atoms with Crippen LogP contribution in [0.15, 0.2) is 28.9 Å². The highest BCUT2D eigenvalue weighted by atomic mass is 79.9. The summed E-state index contributed by atoms with van der Waals surface area (Å²) in [5.41, 5.74) is -0.0162. The van der Waals surface area contributed by atoms with Crippen molar-refractivity contribution in [2.45, 2.75) is 0 Å². The van der Waals surface area contributed by atoms with Gasteiger partial charge in [0.25, 0.3) is 0 Å². The average molecular weight is 396 g/mol. The van der Waals surface area contributed by atoms with E-state index in [2.05, 4.69) is 35.9 Å². The number of rotatable bonds is 4. The number of sulfonamides is 1. The number of nitrogens with one attached hydrogen (secondary N) is 2. The fraction of sp³-hybridized carbons (Fsp3) is 0.0909. The van der Waals surface area contributed by atoms with Crippen LogP contribution in [0, 0.1) is 5.82 Å². The summed E-state index contributed by atoms with van der Waals surface area (Å²) in [6, 6.07) is 4.07. The van der Waals surface area contributed by atoms with E-state index < -0.39 is 15.8 Å². The molecular weight excluding hydrogens is 387 g/mol. The molecule has 0 aliphatic carbocycles. The van der Waals surface area contributed by atoms with Crippen molar-refractivity contribution >= 4 is 54.7 Å². The number of nitrogens with zero attached hydrogens (tertiary/aromatic N) is 2. The van der Waals surface area contributed by atoms with Gasteiger partial charge in [-0.2, -0.15) is 4.98 Å². The minimum Gasteiger partial charge on any atom is -0.337 e. The molecule has 0 aliphatic heterocycles. The van der Waals surface area contributed by atoms with Crippen molar-refractivity contribution in [1.29, 1.82) is 0 Å². The summed E-state index contributed by atoms with van der Waals surface area (Å²) >= 11 is 8.91. The zero-order valence-electron chi connectivity index (χ0n) is 10.6. The Morgan fingerprint density at radius 1 is 1.38 bits per heavy atom. The lowest BCUT2D eigenvalue weighted by Crippen LogP contribution is -2.13. The van der Waals surface area contributed by atoms with Crippen LogP contribution >= 0.6 is 27.5 Å². The third kappa shape index (κ3) is 4.26. The highest BCUT2D eigenvalue weighted by molar-refractivity contribution is 9.10. The zero-order chi connectivity index (χ0) is 15.6. The molecule has 0 fully saturated rings. The molecule has 0 bridgehead atoms. The second-order valence-electron chi connectivity index (χ2n) is 4.00. The summed E-state index contributed by atoms with van der Waals surface area (Å²) in [7, 11) is -3.63. The van der Waals surface area contributed by atoms with E-state index in [9.17, 15) is 12.8 Å². The van der Waals surface area contributed by atoms with E-state index in [-0.39, 0.29) is 22.5 Å². The Kier molecular flexibility index (Phi) is 4.64. The molecule has 2 N–H and O–H groups in total. The van der Waals surface area contributed by atoms with Gasteiger partial charge in [0, 0.05) is 6.20 Å². The van der Waals surface area contributed by atoms with Crippen LogP contribution in [0.2, 0.25) is 5.28 Å². The van der Waals surface area contributed by atoms with Crippen molar-refractivity contribution in [2.24, 2.45) is 0 Å². The van der Waals surface area contributed by atoms with Gasteiger partial charge in [-0.1, -0.05) is 6.07 Å². The van der Waals surface area contributed by atoms with Crippen molar-refractivity contribution in [1.82, 2.24) is 9.97 Å². The van der Waals surface area contributed by atoms with Crippen molar-refractivity contribution in [2.75, 3.05) is 16.3 Å². The molecule has 6 nitrogen and oxygen atoms in total. The van der Waals surface area contributed by atoms with Gasteiger partial charge in [0.05, 0.1) is 16.4 Å². The molecule has 0 saturated heterocycles. The largest absolute Gasteiger partial charge is 0.337 e. The number of hydrogen-bond donors (Lipinski definition) is 2. The molecule has 2 aromatic rings. The molecule has 0 aliphatic rings. The number of benzene rings is 1. The molecule has 2 rings (SSSR count). The Hall–Kier alpha value is -1.45. The topological polar surface area (TPSA) is 84.0 Å². The Labute approximate surface area is 133 Å². The Bertz CT molecular complexity index is 788. The first-order valence-corrected chi connectivity index (χ1v) is 8.54. The number of para-hydroxylation sites is 1. The fourth-order valence-electron chi connectivity index (χ4n) is 1.48. The lowest BCUT2D eigenvalue weighted by Gasteiger charge is -2.13. The first kappa shape index (κ1) is 15.9. The van der Waals surface area contributed by atoms with Crippen LogP contribution in [0.1, 0.15) is 0 Å². The molecule has 0 amide bonds. The monoisotopic (exact) mass is 394 g/mol. The van der Waals surface area contributed by atoms with Crippen LogP contribution in [0.25, 0.3) is 0 Å². The van der Waals surface area contributed by atoms with Crippen molar-refractivity contribution in [3.63, 3.8) is 0 Å². The van der Waals surface area contributed by atoms with Crippen LogP contribution < -0.4 is 10.0 Å². The van der Waals surface area contributed by atoms with Gasteiger partial charge in [-0.05, 0) is 39.7 Å². The first-order chi connectivity index (χ1) is 9.76. The van der Waals surface area contributed by atoms with Crippen LogP contribution in [-0.2, 0) is 10.0 Å². The van der Waals surface area contributed by atoms with E-state index in [1.165, 1.54) is 18.3 Å². The Morgan fingerprint density at radius 2 is 2.10 bits per heavy atom.